The van der Waals surface area contributed by atoms with E-state index in [9.17, 15) is 4.79 Å². The van der Waals surface area contributed by atoms with Crippen LogP contribution in [0.2, 0.25) is 0 Å². The first-order valence-corrected chi connectivity index (χ1v) is 9.70. The summed E-state index contributed by atoms with van der Waals surface area (Å²) in [5.41, 5.74) is 1.18. The minimum absolute atomic E-state index is 0.0327. The highest BCUT2D eigenvalue weighted by Crippen LogP contribution is 2.28. The molecular weight excluding hydrogens is 330 g/mol. The van der Waals surface area contributed by atoms with Crippen molar-refractivity contribution in [2.24, 2.45) is 0 Å². The Morgan fingerprint density at radius 3 is 2.81 bits per heavy atom. The van der Waals surface area contributed by atoms with Crippen LogP contribution in [-0.2, 0) is 6.42 Å². The largest absolute Gasteiger partial charge is 0.493 e. The molecule has 0 aliphatic carbocycles. The maximum Gasteiger partial charge on any atom is 0.315 e. The number of nitrogens with zero attached hydrogens (tertiary/aromatic N) is 1. The smallest absolute Gasteiger partial charge is 0.315 e. The lowest BCUT2D eigenvalue weighted by Crippen LogP contribution is -2.49. The van der Waals surface area contributed by atoms with Crippen LogP contribution in [0.15, 0.2) is 18.2 Å². The molecule has 1 aromatic carbocycles. The lowest BCUT2D eigenvalue weighted by atomic mass is 9.99. The maximum atomic E-state index is 12.2. The molecule has 6 heteroatoms. The number of carbonyl (C=O) groups is 1. The average Bonchev–Trinajstić information content (AvgIpc) is 3.08. The Kier molecular flexibility index (Phi) is 6.61. The molecule has 26 heavy (non-hydrogen) atoms. The number of hydrogen-bond donors (Lipinski definition) is 2. The van der Waals surface area contributed by atoms with Gasteiger partial charge in [-0.3, -0.25) is 4.90 Å². The first kappa shape index (κ1) is 18.8. The molecule has 2 aliphatic heterocycles. The molecule has 2 heterocycles. The third-order valence-electron chi connectivity index (χ3n) is 5.55. The van der Waals surface area contributed by atoms with E-state index in [0.29, 0.717) is 18.6 Å². The molecule has 2 amide bonds. The molecule has 1 aromatic rings. The Balaban J connectivity index is 1.38. The standard InChI is InChI=1S/C20H31N3O3/c1-25-18-9-8-15(14-19(18)26-2)6-5-11-21-20(24)22-16-10-13-23-12-4-3-7-17(16)23/h8-9,14,16-17H,3-7,10-13H2,1-2H3,(H2,21,22,24)/t16-,17+/m1/s1. The summed E-state index contributed by atoms with van der Waals surface area (Å²) < 4.78 is 10.6. The molecule has 0 aromatic heterocycles. The molecule has 2 fully saturated rings. The van der Waals surface area contributed by atoms with Crippen molar-refractivity contribution in [3.05, 3.63) is 23.8 Å². The van der Waals surface area contributed by atoms with Crippen LogP contribution >= 0.6 is 0 Å². The van der Waals surface area contributed by atoms with Crippen molar-refractivity contribution >= 4 is 6.03 Å². The molecule has 0 radical (unpaired) electrons. The van der Waals surface area contributed by atoms with Crippen LogP contribution in [0.5, 0.6) is 11.5 Å². The number of benzene rings is 1. The second-order valence-electron chi connectivity index (χ2n) is 7.19. The van der Waals surface area contributed by atoms with Gasteiger partial charge in [0, 0.05) is 25.2 Å². The monoisotopic (exact) mass is 361 g/mol. The van der Waals surface area contributed by atoms with Gasteiger partial charge < -0.3 is 20.1 Å². The average molecular weight is 361 g/mol. The number of amides is 2. The summed E-state index contributed by atoms with van der Waals surface area (Å²) in [5.74, 6) is 1.48. The minimum Gasteiger partial charge on any atom is -0.493 e. The van der Waals surface area contributed by atoms with Crippen LogP contribution in [0, 0.1) is 0 Å². The SMILES string of the molecule is COc1ccc(CCCNC(=O)N[C@@H]2CCN3CCCC[C@@H]23)cc1OC. The van der Waals surface area contributed by atoms with E-state index in [0.717, 1.165) is 37.3 Å². The predicted octanol–water partition coefficient (Wildman–Crippen LogP) is 2.56. The van der Waals surface area contributed by atoms with Gasteiger partial charge in [-0.05, 0) is 56.3 Å². The number of ether oxygens (including phenoxy) is 2. The zero-order valence-electron chi connectivity index (χ0n) is 15.9. The van der Waals surface area contributed by atoms with Gasteiger partial charge in [-0.15, -0.1) is 0 Å². The molecule has 0 spiro atoms. The predicted molar refractivity (Wildman–Crippen MR) is 102 cm³/mol. The van der Waals surface area contributed by atoms with Crippen molar-refractivity contribution < 1.29 is 14.3 Å². The molecule has 2 atom stereocenters. The van der Waals surface area contributed by atoms with Crippen molar-refractivity contribution in [3.63, 3.8) is 0 Å². The van der Waals surface area contributed by atoms with Crippen LogP contribution in [0.25, 0.3) is 0 Å². The number of urea groups is 1. The maximum absolute atomic E-state index is 12.2. The first-order chi connectivity index (χ1) is 12.7. The van der Waals surface area contributed by atoms with E-state index in [1.54, 1.807) is 14.2 Å². The van der Waals surface area contributed by atoms with E-state index < -0.39 is 0 Å². The topological polar surface area (TPSA) is 62.8 Å². The summed E-state index contributed by atoms with van der Waals surface area (Å²) >= 11 is 0. The Morgan fingerprint density at radius 2 is 2.00 bits per heavy atom. The van der Waals surface area contributed by atoms with Gasteiger partial charge in [-0.25, -0.2) is 4.79 Å². The number of aryl methyl sites for hydroxylation is 1. The molecule has 3 rings (SSSR count). The Bertz CT molecular complexity index is 608. The van der Waals surface area contributed by atoms with Crippen LogP contribution in [0.3, 0.4) is 0 Å². The van der Waals surface area contributed by atoms with Crippen molar-refractivity contribution in [1.29, 1.82) is 0 Å². The molecule has 2 N–H and O–H groups in total. The third kappa shape index (κ3) is 4.61. The van der Waals surface area contributed by atoms with Gasteiger partial charge in [0.2, 0.25) is 0 Å². The van der Waals surface area contributed by atoms with E-state index in [4.69, 9.17) is 9.47 Å². The highest BCUT2D eigenvalue weighted by molar-refractivity contribution is 5.74. The van der Waals surface area contributed by atoms with Gasteiger partial charge in [-0.2, -0.15) is 0 Å². The fourth-order valence-electron chi connectivity index (χ4n) is 4.17. The van der Waals surface area contributed by atoms with Gasteiger partial charge in [0.15, 0.2) is 11.5 Å². The molecular formula is C20H31N3O3. The fraction of sp³-hybridized carbons (Fsp3) is 0.650. The highest BCUT2D eigenvalue weighted by Gasteiger charge is 2.36. The molecule has 144 valence electrons. The van der Waals surface area contributed by atoms with E-state index in [2.05, 4.69) is 15.5 Å². The molecule has 2 saturated heterocycles. The Morgan fingerprint density at radius 1 is 1.15 bits per heavy atom. The molecule has 0 saturated carbocycles. The van der Waals surface area contributed by atoms with Crippen LogP contribution in [-0.4, -0.2) is 56.9 Å². The van der Waals surface area contributed by atoms with E-state index in [1.165, 1.54) is 31.4 Å². The summed E-state index contributed by atoms with van der Waals surface area (Å²) in [6.45, 7) is 2.98. The first-order valence-electron chi connectivity index (χ1n) is 9.70. The second kappa shape index (κ2) is 9.12. The van der Waals surface area contributed by atoms with Crippen LogP contribution < -0.4 is 20.1 Å². The molecule has 2 aliphatic rings. The van der Waals surface area contributed by atoms with Crippen molar-refractivity contribution in [1.82, 2.24) is 15.5 Å². The molecule has 0 bridgehead atoms. The fourth-order valence-corrected chi connectivity index (χ4v) is 4.17. The van der Waals surface area contributed by atoms with Crippen LogP contribution in [0.1, 0.15) is 37.7 Å². The molecule has 0 unspecified atom stereocenters. The Labute approximate surface area is 156 Å². The molecule has 6 nitrogen and oxygen atoms in total. The third-order valence-corrected chi connectivity index (χ3v) is 5.55. The van der Waals surface area contributed by atoms with Gasteiger partial charge in [0.25, 0.3) is 0 Å². The lowest BCUT2D eigenvalue weighted by molar-refractivity contribution is 0.179. The number of methoxy groups -OCH3 is 2. The van der Waals surface area contributed by atoms with Crippen LogP contribution in [0.4, 0.5) is 4.79 Å². The summed E-state index contributed by atoms with van der Waals surface area (Å²) in [6, 6.07) is 6.77. The number of rotatable bonds is 7. The number of piperidine rings is 1. The number of fused-ring (bicyclic) bond motifs is 1. The number of hydrogen-bond acceptors (Lipinski definition) is 4. The highest BCUT2D eigenvalue weighted by atomic mass is 16.5. The van der Waals surface area contributed by atoms with E-state index in [-0.39, 0.29) is 6.03 Å². The quantitative estimate of drug-likeness (QED) is 0.733. The minimum atomic E-state index is -0.0327. The van der Waals surface area contributed by atoms with Crippen molar-refractivity contribution in [2.45, 2.75) is 50.6 Å². The van der Waals surface area contributed by atoms with Gasteiger partial charge >= 0.3 is 6.03 Å². The van der Waals surface area contributed by atoms with Gasteiger partial charge in [0.05, 0.1) is 14.2 Å². The van der Waals surface area contributed by atoms with E-state index >= 15 is 0 Å². The lowest BCUT2D eigenvalue weighted by Gasteiger charge is -2.32. The summed E-state index contributed by atoms with van der Waals surface area (Å²) in [7, 11) is 3.28. The summed E-state index contributed by atoms with van der Waals surface area (Å²) in [6.07, 6.45) is 6.65. The number of carbonyl (C=O) groups excluding carboxylic acids is 1. The Hall–Kier alpha value is -1.95. The van der Waals surface area contributed by atoms with E-state index in [1.807, 2.05) is 18.2 Å². The van der Waals surface area contributed by atoms with Gasteiger partial charge in [-0.1, -0.05) is 12.5 Å². The van der Waals surface area contributed by atoms with Crippen molar-refractivity contribution in [3.8, 4) is 11.5 Å². The number of nitrogens with one attached hydrogen (secondary N) is 2. The normalized spacial score (nSPS) is 22.5. The van der Waals surface area contributed by atoms with Gasteiger partial charge in [0.1, 0.15) is 0 Å². The summed E-state index contributed by atoms with van der Waals surface area (Å²) in [5, 5.41) is 6.18. The summed E-state index contributed by atoms with van der Waals surface area (Å²) in [4.78, 5) is 14.7. The zero-order valence-corrected chi connectivity index (χ0v) is 15.9. The second-order valence-corrected chi connectivity index (χ2v) is 7.19. The van der Waals surface area contributed by atoms with Crippen molar-refractivity contribution in [2.75, 3.05) is 33.9 Å². The zero-order chi connectivity index (χ0) is 18.4.